The Morgan fingerprint density at radius 1 is 1.38 bits per heavy atom. The number of hydrogen-bond acceptors (Lipinski definition) is 2. The first-order valence-electron chi connectivity index (χ1n) is 4.63. The second-order valence-corrected chi connectivity index (χ2v) is 3.62. The highest BCUT2D eigenvalue weighted by atomic mass is 35.5. The van der Waals surface area contributed by atoms with Crippen molar-refractivity contribution in [1.82, 2.24) is 9.55 Å². The number of benzene rings is 1. The normalized spacial score (nSPS) is 10.4. The van der Waals surface area contributed by atoms with Gasteiger partial charge in [0.1, 0.15) is 5.82 Å². The van der Waals surface area contributed by atoms with Crippen LogP contribution in [0.1, 0.15) is 5.56 Å². The molecule has 5 heteroatoms. The van der Waals surface area contributed by atoms with Crippen LogP contribution in [-0.4, -0.2) is 9.55 Å². The lowest BCUT2D eigenvalue weighted by molar-refractivity contribution is 0.622. The molecule has 0 amide bonds. The second-order valence-electron chi connectivity index (χ2n) is 3.24. The Kier molecular flexibility index (Phi) is 3.01. The molecular formula is C11H8ClFN2O. The Labute approximate surface area is 96.1 Å². The van der Waals surface area contributed by atoms with Gasteiger partial charge in [0.15, 0.2) is 0 Å². The number of aromatic nitrogens is 2. The van der Waals surface area contributed by atoms with Gasteiger partial charge in [-0.2, -0.15) is 0 Å². The highest BCUT2D eigenvalue weighted by molar-refractivity contribution is 6.31. The molecule has 0 fully saturated rings. The summed E-state index contributed by atoms with van der Waals surface area (Å²) in [6.45, 7) is 0.212. The Bertz CT molecular complexity index is 568. The molecule has 0 radical (unpaired) electrons. The van der Waals surface area contributed by atoms with Crippen LogP contribution in [0.2, 0.25) is 5.02 Å². The second kappa shape index (κ2) is 4.45. The van der Waals surface area contributed by atoms with E-state index in [1.807, 2.05) is 0 Å². The molecular weight excluding hydrogens is 231 g/mol. The number of hydrogen-bond donors (Lipinski definition) is 0. The molecule has 2 rings (SSSR count). The van der Waals surface area contributed by atoms with Crippen LogP contribution in [0.15, 0.2) is 41.5 Å². The monoisotopic (exact) mass is 238 g/mol. The SMILES string of the molecule is O=c1ncccn1Cc1cccc(F)c1Cl. The molecule has 16 heavy (non-hydrogen) atoms. The van der Waals surface area contributed by atoms with Gasteiger partial charge in [0, 0.05) is 12.4 Å². The van der Waals surface area contributed by atoms with Gasteiger partial charge in [-0.25, -0.2) is 14.2 Å². The van der Waals surface area contributed by atoms with Crippen molar-refractivity contribution in [2.24, 2.45) is 0 Å². The van der Waals surface area contributed by atoms with Gasteiger partial charge in [0.05, 0.1) is 11.6 Å². The molecule has 0 aliphatic heterocycles. The van der Waals surface area contributed by atoms with Crippen LogP contribution in [0.4, 0.5) is 4.39 Å². The lowest BCUT2D eigenvalue weighted by atomic mass is 10.2. The summed E-state index contributed by atoms with van der Waals surface area (Å²) in [7, 11) is 0. The number of rotatable bonds is 2. The molecule has 2 aromatic rings. The van der Waals surface area contributed by atoms with E-state index in [1.54, 1.807) is 24.4 Å². The van der Waals surface area contributed by atoms with Crippen LogP contribution in [-0.2, 0) is 6.54 Å². The van der Waals surface area contributed by atoms with Gasteiger partial charge >= 0.3 is 5.69 Å². The summed E-state index contributed by atoms with van der Waals surface area (Å²) < 4.78 is 14.5. The van der Waals surface area contributed by atoms with Gasteiger partial charge in [-0.3, -0.25) is 4.57 Å². The van der Waals surface area contributed by atoms with Crippen molar-refractivity contribution in [1.29, 1.82) is 0 Å². The Balaban J connectivity index is 2.38. The first-order valence-corrected chi connectivity index (χ1v) is 5.00. The average molecular weight is 239 g/mol. The van der Waals surface area contributed by atoms with Gasteiger partial charge in [0.25, 0.3) is 0 Å². The molecule has 0 saturated carbocycles. The van der Waals surface area contributed by atoms with E-state index in [2.05, 4.69) is 4.98 Å². The summed E-state index contributed by atoms with van der Waals surface area (Å²) >= 11 is 5.78. The third-order valence-electron chi connectivity index (χ3n) is 2.16. The fraction of sp³-hybridized carbons (Fsp3) is 0.0909. The zero-order valence-electron chi connectivity index (χ0n) is 8.23. The molecule has 1 aromatic carbocycles. The molecule has 0 spiro atoms. The van der Waals surface area contributed by atoms with Crippen molar-refractivity contribution in [2.75, 3.05) is 0 Å². The van der Waals surface area contributed by atoms with Crippen molar-refractivity contribution in [3.05, 3.63) is 63.5 Å². The van der Waals surface area contributed by atoms with Crippen molar-refractivity contribution in [3.63, 3.8) is 0 Å². The van der Waals surface area contributed by atoms with E-state index < -0.39 is 5.82 Å². The van der Waals surface area contributed by atoms with Crippen LogP contribution < -0.4 is 5.69 Å². The molecule has 0 unspecified atom stereocenters. The minimum absolute atomic E-state index is 0.0400. The van der Waals surface area contributed by atoms with Gasteiger partial charge in [-0.05, 0) is 17.7 Å². The van der Waals surface area contributed by atoms with Crippen LogP contribution in [0, 0.1) is 5.82 Å². The quantitative estimate of drug-likeness (QED) is 0.803. The summed E-state index contributed by atoms with van der Waals surface area (Å²) in [6, 6.07) is 6.13. The van der Waals surface area contributed by atoms with Crippen LogP contribution in [0.3, 0.4) is 0 Å². The standard InChI is InChI=1S/C11H8ClFN2O/c12-10-8(3-1-4-9(10)13)7-15-6-2-5-14-11(15)16/h1-6H,7H2. The van der Waals surface area contributed by atoms with Crippen molar-refractivity contribution in [2.45, 2.75) is 6.54 Å². The molecule has 0 saturated heterocycles. The molecule has 0 aliphatic carbocycles. The highest BCUT2D eigenvalue weighted by Crippen LogP contribution is 2.19. The molecule has 0 N–H and O–H groups in total. The molecule has 1 heterocycles. The largest absolute Gasteiger partial charge is 0.347 e. The molecule has 0 bridgehead atoms. The maximum Gasteiger partial charge on any atom is 0.347 e. The summed E-state index contributed by atoms with van der Waals surface area (Å²) in [5.74, 6) is -0.490. The van der Waals surface area contributed by atoms with Gasteiger partial charge < -0.3 is 0 Å². The lowest BCUT2D eigenvalue weighted by Gasteiger charge is -2.06. The zero-order chi connectivity index (χ0) is 11.5. The van der Waals surface area contributed by atoms with Crippen LogP contribution in [0.25, 0.3) is 0 Å². The predicted molar refractivity (Wildman–Crippen MR) is 59.0 cm³/mol. The van der Waals surface area contributed by atoms with Gasteiger partial charge in [-0.15, -0.1) is 0 Å². The van der Waals surface area contributed by atoms with E-state index in [4.69, 9.17) is 11.6 Å². The Hall–Kier alpha value is -1.68. The minimum atomic E-state index is -0.490. The zero-order valence-corrected chi connectivity index (χ0v) is 8.99. The van der Waals surface area contributed by atoms with Gasteiger partial charge in [-0.1, -0.05) is 23.7 Å². The van der Waals surface area contributed by atoms with E-state index in [0.29, 0.717) is 5.56 Å². The van der Waals surface area contributed by atoms with E-state index in [0.717, 1.165) is 0 Å². The molecule has 0 aliphatic rings. The minimum Gasteiger partial charge on any atom is -0.295 e. The fourth-order valence-electron chi connectivity index (χ4n) is 1.36. The highest BCUT2D eigenvalue weighted by Gasteiger charge is 2.06. The smallest absolute Gasteiger partial charge is 0.295 e. The summed E-state index contributed by atoms with van der Waals surface area (Å²) in [4.78, 5) is 14.9. The van der Waals surface area contributed by atoms with Crippen LogP contribution in [0.5, 0.6) is 0 Å². The Morgan fingerprint density at radius 3 is 2.94 bits per heavy atom. The van der Waals surface area contributed by atoms with Crippen molar-refractivity contribution >= 4 is 11.6 Å². The first kappa shape index (κ1) is 10.8. The number of nitrogens with zero attached hydrogens (tertiary/aromatic N) is 2. The molecule has 0 atom stereocenters. The van der Waals surface area contributed by atoms with Crippen molar-refractivity contribution < 1.29 is 4.39 Å². The lowest BCUT2D eigenvalue weighted by Crippen LogP contribution is -2.22. The van der Waals surface area contributed by atoms with Crippen molar-refractivity contribution in [3.8, 4) is 0 Å². The average Bonchev–Trinajstić information content (AvgIpc) is 2.28. The molecule has 1 aromatic heterocycles. The summed E-state index contributed by atoms with van der Waals surface area (Å²) in [5, 5.41) is 0.0400. The summed E-state index contributed by atoms with van der Waals surface area (Å²) in [6.07, 6.45) is 2.99. The summed E-state index contributed by atoms with van der Waals surface area (Å²) in [5.41, 5.74) is 0.166. The van der Waals surface area contributed by atoms with Gasteiger partial charge in [0.2, 0.25) is 0 Å². The van der Waals surface area contributed by atoms with E-state index in [9.17, 15) is 9.18 Å². The molecule has 82 valence electrons. The maximum absolute atomic E-state index is 13.1. The third-order valence-corrected chi connectivity index (χ3v) is 2.58. The molecule has 3 nitrogen and oxygen atoms in total. The maximum atomic E-state index is 13.1. The first-order chi connectivity index (χ1) is 7.68. The predicted octanol–water partition coefficient (Wildman–Crippen LogP) is 2.08. The fourth-order valence-corrected chi connectivity index (χ4v) is 1.55. The number of halogens is 2. The Morgan fingerprint density at radius 2 is 2.19 bits per heavy atom. The topological polar surface area (TPSA) is 34.9 Å². The van der Waals surface area contributed by atoms with E-state index in [1.165, 1.54) is 16.8 Å². The van der Waals surface area contributed by atoms with Crippen LogP contribution >= 0.6 is 11.6 Å². The van der Waals surface area contributed by atoms with E-state index in [-0.39, 0.29) is 17.3 Å². The van der Waals surface area contributed by atoms with E-state index >= 15 is 0 Å². The third kappa shape index (κ3) is 2.12.